The second kappa shape index (κ2) is 8.18. The number of rotatable bonds is 6. The minimum Gasteiger partial charge on any atom is -0.411 e. The fraction of sp³-hybridized carbons (Fsp3) is 0.286. The number of fused-ring (bicyclic) bond motifs is 2. The molecule has 2 heterocycles. The van der Waals surface area contributed by atoms with E-state index in [1.165, 1.54) is 11.3 Å². The topological polar surface area (TPSA) is 89.9 Å². The van der Waals surface area contributed by atoms with E-state index in [0.29, 0.717) is 11.4 Å². The van der Waals surface area contributed by atoms with Crippen LogP contribution in [0.2, 0.25) is 0 Å². The number of thiophene rings is 1. The average Bonchev–Trinajstić information content (AvgIpc) is 3.29. The van der Waals surface area contributed by atoms with Crippen molar-refractivity contribution in [3.8, 4) is 0 Å². The Bertz CT molecular complexity index is 1090. The molecule has 0 aliphatic heterocycles. The van der Waals surface area contributed by atoms with Crippen molar-refractivity contribution in [2.45, 2.75) is 12.8 Å². The Morgan fingerprint density at radius 2 is 2.17 bits per heavy atom. The zero-order valence-corrected chi connectivity index (χ0v) is 17.2. The van der Waals surface area contributed by atoms with E-state index in [-0.39, 0.29) is 5.91 Å². The standard InChI is InChI=1S/C21H23N5O2S/c1-26(2)10-9-23-21(27)20-19(16-7-8-22-12-18(16)29-20)24-14-4-5-15-13(11-14)3-6-17(15)25-28/h4-5,7-8,11-12,24,28H,3,6,9-10H2,1-2H3,(H,23,27)/b25-17-. The normalized spacial score (nSPS) is 14.5. The number of pyridine rings is 1. The van der Waals surface area contributed by atoms with Gasteiger partial charge in [0.2, 0.25) is 0 Å². The summed E-state index contributed by atoms with van der Waals surface area (Å²) in [6.07, 6.45) is 5.10. The summed E-state index contributed by atoms with van der Waals surface area (Å²) in [4.78, 5) is 19.7. The number of nitrogens with one attached hydrogen (secondary N) is 2. The second-order valence-corrected chi connectivity index (χ2v) is 8.33. The Morgan fingerprint density at radius 3 is 2.97 bits per heavy atom. The predicted octanol–water partition coefficient (Wildman–Crippen LogP) is 3.46. The summed E-state index contributed by atoms with van der Waals surface area (Å²) in [7, 11) is 3.95. The molecule has 0 spiro atoms. The molecule has 1 aliphatic rings. The summed E-state index contributed by atoms with van der Waals surface area (Å²) in [6, 6.07) is 7.90. The van der Waals surface area contributed by atoms with Crippen molar-refractivity contribution in [1.29, 1.82) is 0 Å². The maximum absolute atomic E-state index is 12.9. The number of nitrogens with zero attached hydrogens (tertiary/aromatic N) is 3. The van der Waals surface area contributed by atoms with Crippen LogP contribution in [0.3, 0.4) is 0 Å². The van der Waals surface area contributed by atoms with Crippen LogP contribution in [0.25, 0.3) is 10.1 Å². The molecule has 29 heavy (non-hydrogen) atoms. The van der Waals surface area contributed by atoms with E-state index in [1.807, 2.05) is 37.2 Å². The van der Waals surface area contributed by atoms with Gasteiger partial charge in [0, 0.05) is 42.1 Å². The number of carbonyl (C=O) groups is 1. The van der Waals surface area contributed by atoms with Crippen molar-refractivity contribution in [2.24, 2.45) is 5.16 Å². The lowest BCUT2D eigenvalue weighted by molar-refractivity contribution is 0.0956. The smallest absolute Gasteiger partial charge is 0.263 e. The third-order valence-corrected chi connectivity index (χ3v) is 6.12. The minimum atomic E-state index is -0.0913. The SMILES string of the molecule is CN(C)CCNC(=O)c1sc2cnccc2c1Nc1ccc2c(c1)CC/C2=N/O. The van der Waals surface area contributed by atoms with Crippen LogP contribution >= 0.6 is 11.3 Å². The van der Waals surface area contributed by atoms with Gasteiger partial charge in [-0.25, -0.2) is 0 Å². The molecule has 2 aromatic heterocycles. The first kappa shape index (κ1) is 19.4. The highest BCUT2D eigenvalue weighted by atomic mass is 32.1. The second-order valence-electron chi connectivity index (χ2n) is 7.28. The molecule has 1 aliphatic carbocycles. The highest BCUT2D eigenvalue weighted by molar-refractivity contribution is 7.21. The molecule has 150 valence electrons. The van der Waals surface area contributed by atoms with Crippen molar-refractivity contribution in [3.05, 3.63) is 52.7 Å². The van der Waals surface area contributed by atoms with Gasteiger partial charge in [0.15, 0.2) is 0 Å². The van der Waals surface area contributed by atoms with Crippen LogP contribution in [0.5, 0.6) is 0 Å². The van der Waals surface area contributed by atoms with Gasteiger partial charge < -0.3 is 20.7 Å². The summed E-state index contributed by atoms with van der Waals surface area (Å²) >= 11 is 1.44. The zero-order chi connectivity index (χ0) is 20.4. The van der Waals surface area contributed by atoms with Crippen molar-refractivity contribution >= 4 is 44.4 Å². The molecule has 3 aromatic rings. The average molecular weight is 410 g/mol. The zero-order valence-electron chi connectivity index (χ0n) is 16.4. The summed E-state index contributed by atoms with van der Waals surface area (Å²) in [6.45, 7) is 1.36. The maximum atomic E-state index is 12.9. The molecular weight excluding hydrogens is 386 g/mol. The van der Waals surface area contributed by atoms with E-state index in [4.69, 9.17) is 5.21 Å². The number of hydrogen-bond donors (Lipinski definition) is 3. The van der Waals surface area contributed by atoms with Gasteiger partial charge in [0.25, 0.3) is 5.91 Å². The van der Waals surface area contributed by atoms with Gasteiger partial charge in [0.1, 0.15) is 4.88 Å². The fourth-order valence-electron chi connectivity index (χ4n) is 3.50. The molecule has 8 heteroatoms. The highest BCUT2D eigenvalue weighted by Gasteiger charge is 2.21. The lowest BCUT2D eigenvalue weighted by Gasteiger charge is -2.12. The molecular formula is C21H23N5O2S. The quantitative estimate of drug-likeness (QED) is 0.429. The number of aryl methyl sites for hydroxylation is 1. The van der Waals surface area contributed by atoms with Gasteiger partial charge in [0.05, 0.1) is 16.1 Å². The maximum Gasteiger partial charge on any atom is 0.263 e. The molecule has 4 rings (SSSR count). The van der Waals surface area contributed by atoms with Crippen LogP contribution in [0.4, 0.5) is 11.4 Å². The molecule has 0 fully saturated rings. The summed E-state index contributed by atoms with van der Waals surface area (Å²) in [5, 5.41) is 19.9. The van der Waals surface area contributed by atoms with Crippen molar-refractivity contribution in [2.75, 3.05) is 32.5 Å². The van der Waals surface area contributed by atoms with Gasteiger partial charge in [-0.15, -0.1) is 11.3 Å². The molecule has 0 saturated carbocycles. The van der Waals surface area contributed by atoms with Crippen molar-refractivity contribution in [1.82, 2.24) is 15.2 Å². The third kappa shape index (κ3) is 3.94. The Balaban J connectivity index is 1.65. The summed E-state index contributed by atoms with van der Waals surface area (Å²) in [5.74, 6) is -0.0913. The first-order valence-corrected chi connectivity index (χ1v) is 10.3. The van der Waals surface area contributed by atoms with Gasteiger partial charge >= 0.3 is 0 Å². The molecule has 1 amide bonds. The van der Waals surface area contributed by atoms with Gasteiger partial charge in [-0.05, 0) is 50.7 Å². The van der Waals surface area contributed by atoms with Gasteiger partial charge in [-0.3, -0.25) is 9.78 Å². The van der Waals surface area contributed by atoms with Crippen molar-refractivity contribution < 1.29 is 10.0 Å². The largest absolute Gasteiger partial charge is 0.411 e. The number of carbonyl (C=O) groups excluding carboxylic acids is 1. The minimum absolute atomic E-state index is 0.0913. The lowest BCUT2D eigenvalue weighted by atomic mass is 10.1. The third-order valence-electron chi connectivity index (χ3n) is 4.98. The number of likely N-dealkylation sites (N-methyl/N-ethyl adjacent to an activating group) is 1. The monoisotopic (exact) mass is 409 g/mol. The number of oxime groups is 1. The number of benzene rings is 1. The van der Waals surface area contributed by atoms with Crippen LogP contribution in [0.1, 0.15) is 27.2 Å². The molecule has 0 bridgehead atoms. The molecule has 0 unspecified atom stereocenters. The Labute approximate surface area is 173 Å². The Kier molecular flexibility index (Phi) is 5.46. The lowest BCUT2D eigenvalue weighted by Crippen LogP contribution is -2.31. The summed E-state index contributed by atoms with van der Waals surface area (Å²) < 4.78 is 0.962. The molecule has 0 atom stereocenters. The first-order chi connectivity index (χ1) is 14.1. The van der Waals surface area contributed by atoms with Crippen LogP contribution < -0.4 is 10.6 Å². The van der Waals surface area contributed by atoms with Gasteiger partial charge in [-0.2, -0.15) is 0 Å². The van der Waals surface area contributed by atoms with E-state index >= 15 is 0 Å². The van der Waals surface area contributed by atoms with Crippen molar-refractivity contribution in [3.63, 3.8) is 0 Å². The van der Waals surface area contributed by atoms with E-state index in [9.17, 15) is 4.79 Å². The molecule has 0 saturated heterocycles. The first-order valence-electron chi connectivity index (χ1n) is 9.47. The molecule has 3 N–H and O–H groups in total. The Hall–Kier alpha value is -2.97. The number of anilines is 2. The predicted molar refractivity (Wildman–Crippen MR) is 117 cm³/mol. The number of amides is 1. The van der Waals surface area contributed by atoms with E-state index in [0.717, 1.165) is 57.7 Å². The fourth-order valence-corrected chi connectivity index (χ4v) is 4.55. The molecule has 7 nitrogen and oxygen atoms in total. The van der Waals surface area contributed by atoms with E-state index in [2.05, 4.69) is 26.8 Å². The molecule has 1 aromatic carbocycles. The van der Waals surface area contributed by atoms with Crippen LogP contribution in [0, 0.1) is 0 Å². The molecule has 0 radical (unpaired) electrons. The van der Waals surface area contributed by atoms with Crippen LogP contribution in [-0.2, 0) is 6.42 Å². The number of aromatic nitrogens is 1. The highest BCUT2D eigenvalue weighted by Crippen LogP contribution is 2.38. The number of hydrogen-bond acceptors (Lipinski definition) is 7. The van der Waals surface area contributed by atoms with Crippen LogP contribution in [-0.4, -0.2) is 53.9 Å². The van der Waals surface area contributed by atoms with Gasteiger partial charge in [-0.1, -0.05) is 11.2 Å². The van der Waals surface area contributed by atoms with E-state index in [1.54, 1.807) is 12.4 Å². The van der Waals surface area contributed by atoms with E-state index < -0.39 is 0 Å². The van der Waals surface area contributed by atoms with Crippen LogP contribution in [0.15, 0.2) is 41.8 Å². The summed E-state index contributed by atoms with van der Waals surface area (Å²) in [5.41, 5.74) is 4.55. The Morgan fingerprint density at radius 1 is 1.31 bits per heavy atom.